The second-order valence-corrected chi connectivity index (χ2v) is 3.10. The lowest BCUT2D eigenvalue weighted by molar-refractivity contribution is 0.0593. The van der Waals surface area contributed by atoms with Crippen LogP contribution in [0.5, 0.6) is 0 Å². The van der Waals surface area contributed by atoms with Crippen LogP contribution in [-0.2, 0) is 15.0 Å². The van der Waals surface area contributed by atoms with Gasteiger partial charge in [-0.05, 0) is 0 Å². The molecule has 7 nitrogen and oxygen atoms in total. The molecule has 8 heteroatoms. The van der Waals surface area contributed by atoms with Crippen LogP contribution >= 0.6 is 0 Å². The van der Waals surface area contributed by atoms with Crippen molar-refractivity contribution in [3.8, 4) is 0 Å². The lowest BCUT2D eigenvalue weighted by atomic mass is 10.4. The van der Waals surface area contributed by atoms with E-state index in [4.69, 9.17) is 5.73 Å². The maximum absolute atomic E-state index is 10.9. The number of aromatic amines is 1. The van der Waals surface area contributed by atoms with Gasteiger partial charge in [0.2, 0.25) is 14.9 Å². The second-order valence-electron chi connectivity index (χ2n) is 2.23. The topological polar surface area (TPSA) is 115 Å². The van der Waals surface area contributed by atoms with Gasteiger partial charge in [0.25, 0.3) is 0 Å². The minimum atomic E-state index is -2.51. The van der Waals surface area contributed by atoms with E-state index in [0.29, 0.717) is 0 Å². The monoisotopic (exact) mass is 217 g/mol. The Morgan fingerprint density at radius 2 is 2.29 bits per heavy atom. The molecule has 0 spiro atoms. The van der Waals surface area contributed by atoms with Crippen LogP contribution in [0.15, 0.2) is 6.20 Å². The van der Waals surface area contributed by atoms with Crippen molar-refractivity contribution in [2.75, 3.05) is 12.8 Å². The van der Waals surface area contributed by atoms with E-state index in [9.17, 15) is 13.2 Å². The van der Waals surface area contributed by atoms with Crippen molar-refractivity contribution >= 4 is 22.1 Å². The number of anilines is 1. The Morgan fingerprint density at radius 1 is 1.64 bits per heavy atom. The van der Waals surface area contributed by atoms with E-state index in [-0.39, 0.29) is 16.2 Å². The number of esters is 1. The summed E-state index contributed by atoms with van der Waals surface area (Å²) in [5.74, 6) is -0.975. The Bertz CT molecular complexity index is 522. The molecule has 0 amide bonds. The summed E-state index contributed by atoms with van der Waals surface area (Å²) in [6.07, 6.45) is 1.10. The standard InChI is InChI=1S/C6H7N3O4S/c1-13-6(10)3-2-8-5(14(11)12)4(7)9-3/h2,8H,1H3,(H2,7,9). The highest BCUT2D eigenvalue weighted by Gasteiger charge is 2.08. The zero-order chi connectivity index (χ0) is 10.7. The van der Waals surface area contributed by atoms with Crippen molar-refractivity contribution in [1.82, 2.24) is 9.97 Å². The van der Waals surface area contributed by atoms with Crippen LogP contribution < -0.4 is 5.73 Å². The molecule has 14 heavy (non-hydrogen) atoms. The fourth-order valence-electron chi connectivity index (χ4n) is 0.763. The number of carbonyl (C=O) groups excluding carboxylic acids is 1. The number of nitrogen functional groups attached to an aromatic ring is 1. The highest BCUT2D eigenvalue weighted by Crippen LogP contribution is 2.00. The third-order valence-electron chi connectivity index (χ3n) is 1.37. The lowest BCUT2D eigenvalue weighted by Crippen LogP contribution is -2.07. The summed E-state index contributed by atoms with van der Waals surface area (Å²) in [5.41, 5.74) is 5.19. The number of hydrogen-bond donors (Lipinski definition) is 2. The molecule has 0 aliphatic heterocycles. The van der Waals surface area contributed by atoms with E-state index >= 15 is 0 Å². The van der Waals surface area contributed by atoms with Gasteiger partial charge in [-0.15, -0.1) is 0 Å². The van der Waals surface area contributed by atoms with Crippen molar-refractivity contribution in [1.29, 1.82) is 0 Å². The second kappa shape index (κ2) is 3.92. The van der Waals surface area contributed by atoms with Gasteiger partial charge in [-0.3, -0.25) is 0 Å². The smallest absolute Gasteiger partial charge is 0.358 e. The number of nitrogens with one attached hydrogen (secondary N) is 1. The summed E-state index contributed by atoms with van der Waals surface area (Å²) in [6, 6.07) is 0. The Labute approximate surface area is 80.1 Å². The number of H-pyrrole nitrogens is 1. The van der Waals surface area contributed by atoms with Gasteiger partial charge in [0.15, 0.2) is 11.5 Å². The van der Waals surface area contributed by atoms with Crippen molar-refractivity contribution in [3.05, 3.63) is 16.5 Å². The predicted octanol–water partition coefficient (Wildman–Crippen LogP) is -0.810. The first-order chi connectivity index (χ1) is 6.56. The van der Waals surface area contributed by atoms with E-state index in [1.165, 1.54) is 7.11 Å². The van der Waals surface area contributed by atoms with E-state index in [1.807, 2.05) is 0 Å². The summed E-state index contributed by atoms with van der Waals surface area (Å²) in [4.78, 5) is 16.8. The molecule has 0 saturated carbocycles. The van der Waals surface area contributed by atoms with Crippen molar-refractivity contribution in [2.45, 2.75) is 0 Å². The fourth-order valence-corrected chi connectivity index (χ4v) is 1.13. The first-order valence-electron chi connectivity index (χ1n) is 3.42. The number of carbonyl (C=O) groups is 1. The van der Waals surface area contributed by atoms with Crippen LogP contribution in [0.1, 0.15) is 10.5 Å². The number of ether oxygens (including phenoxy) is 1. The van der Waals surface area contributed by atoms with Crippen LogP contribution in [-0.4, -0.2) is 31.5 Å². The fraction of sp³-hybridized carbons (Fsp3) is 0.167. The average molecular weight is 217 g/mol. The number of hydrogen-bond acceptors (Lipinski definition) is 6. The van der Waals surface area contributed by atoms with Crippen molar-refractivity contribution in [2.24, 2.45) is 0 Å². The quantitative estimate of drug-likeness (QED) is 0.469. The molecular formula is C6H7N3O4S. The van der Waals surface area contributed by atoms with Gasteiger partial charge in [-0.25, -0.2) is 9.78 Å². The van der Waals surface area contributed by atoms with Gasteiger partial charge >= 0.3 is 5.97 Å². The Morgan fingerprint density at radius 3 is 2.71 bits per heavy atom. The maximum Gasteiger partial charge on any atom is 0.358 e. The molecule has 0 aliphatic carbocycles. The van der Waals surface area contributed by atoms with Crippen LogP contribution in [0.25, 0.3) is 0 Å². The summed E-state index contributed by atoms with van der Waals surface area (Å²) < 4.78 is 25.1. The summed E-state index contributed by atoms with van der Waals surface area (Å²) >= 11 is 0. The molecule has 1 aromatic rings. The normalized spacial score (nSPS) is 9.50. The number of nitrogens with two attached hydrogens (primary N) is 1. The molecule has 0 saturated heterocycles. The van der Waals surface area contributed by atoms with E-state index < -0.39 is 16.3 Å². The molecule has 0 aliphatic rings. The van der Waals surface area contributed by atoms with Gasteiger partial charge < -0.3 is 15.5 Å². The predicted molar refractivity (Wildman–Crippen MR) is 46.5 cm³/mol. The molecule has 0 bridgehead atoms. The third kappa shape index (κ3) is 1.91. The molecule has 1 heterocycles. The number of aromatic nitrogens is 2. The highest BCUT2D eigenvalue weighted by atomic mass is 32.2. The third-order valence-corrected chi connectivity index (χ3v) is 2.04. The molecule has 76 valence electrons. The molecule has 0 radical (unpaired) electrons. The van der Waals surface area contributed by atoms with E-state index in [2.05, 4.69) is 14.7 Å². The maximum atomic E-state index is 10.9. The first kappa shape index (κ1) is 10.3. The van der Waals surface area contributed by atoms with Gasteiger partial charge in [0.1, 0.15) is 0 Å². The molecule has 1 aromatic heterocycles. The van der Waals surface area contributed by atoms with Gasteiger partial charge in [-0.2, -0.15) is 8.42 Å². The van der Waals surface area contributed by atoms with Crippen molar-refractivity contribution < 1.29 is 17.9 Å². The van der Waals surface area contributed by atoms with Crippen LogP contribution in [0.3, 0.4) is 0 Å². The number of rotatable bonds is 1. The molecular weight excluding hydrogens is 210 g/mol. The van der Waals surface area contributed by atoms with Gasteiger partial charge in [0.05, 0.1) is 7.11 Å². The molecule has 0 fully saturated rings. The first-order valence-corrected chi connectivity index (χ1v) is 4.49. The summed E-state index contributed by atoms with van der Waals surface area (Å²) in [6.45, 7) is 0. The van der Waals surface area contributed by atoms with Crippen LogP contribution in [0.4, 0.5) is 5.82 Å². The highest BCUT2D eigenvalue weighted by molar-refractivity contribution is 7.63. The Kier molecular flexibility index (Phi) is 2.87. The van der Waals surface area contributed by atoms with Crippen molar-refractivity contribution in [3.63, 3.8) is 0 Å². The van der Waals surface area contributed by atoms with E-state index in [0.717, 1.165) is 6.20 Å². The van der Waals surface area contributed by atoms with Crippen LogP contribution in [0.2, 0.25) is 0 Å². The van der Waals surface area contributed by atoms with Gasteiger partial charge in [-0.1, -0.05) is 0 Å². The summed E-state index contributed by atoms with van der Waals surface area (Å²) in [5, 5.41) is 0. The van der Waals surface area contributed by atoms with Gasteiger partial charge in [0, 0.05) is 6.20 Å². The molecule has 0 aromatic carbocycles. The largest absolute Gasteiger partial charge is 0.464 e. The zero-order valence-corrected chi connectivity index (χ0v) is 7.96. The van der Waals surface area contributed by atoms with Crippen LogP contribution in [0, 0.1) is 4.64 Å². The lowest BCUT2D eigenvalue weighted by Gasteiger charge is -1.98. The zero-order valence-electron chi connectivity index (χ0n) is 7.14. The van der Waals surface area contributed by atoms with E-state index in [1.54, 1.807) is 0 Å². The SMILES string of the molecule is COC(=O)c1c[nH]c(=S(=O)=O)c(N)n1. The Hall–Kier alpha value is -1.83. The number of nitrogens with zero attached hydrogens (tertiary/aromatic N) is 1. The molecule has 0 atom stereocenters. The molecule has 3 N–H and O–H groups in total. The minimum absolute atomic E-state index is 0.0841. The molecule has 0 unspecified atom stereocenters. The Balaban J connectivity index is 3.42. The average Bonchev–Trinajstić information content (AvgIpc) is 2.15. The summed E-state index contributed by atoms with van der Waals surface area (Å²) in [7, 11) is -1.33. The minimum Gasteiger partial charge on any atom is -0.464 e. The number of methoxy groups -OCH3 is 1. The molecule has 1 rings (SSSR count).